The predicted octanol–water partition coefficient (Wildman–Crippen LogP) is 2.23. The summed E-state index contributed by atoms with van der Waals surface area (Å²) < 4.78 is 5.08. The molecule has 2 aromatic rings. The van der Waals surface area contributed by atoms with Crippen molar-refractivity contribution in [3.8, 4) is 5.75 Å². The van der Waals surface area contributed by atoms with E-state index in [1.165, 1.54) is 0 Å². The van der Waals surface area contributed by atoms with Crippen LogP contribution in [0.3, 0.4) is 0 Å². The molecule has 2 rings (SSSR count). The number of phenols is 1. The summed E-state index contributed by atoms with van der Waals surface area (Å²) in [6.07, 6.45) is 1.36. The van der Waals surface area contributed by atoms with Gasteiger partial charge in [-0.05, 0) is 30.5 Å². The monoisotopic (exact) mass is 318 g/mol. The number of aliphatic hydroxyl groups excluding tert-OH is 1. The third-order valence-electron chi connectivity index (χ3n) is 3.84. The second kappa shape index (κ2) is 7.78. The van der Waals surface area contributed by atoms with Crippen molar-refractivity contribution in [2.45, 2.75) is 38.6 Å². The van der Waals surface area contributed by atoms with Crippen LogP contribution in [0.15, 0.2) is 34.9 Å². The zero-order valence-electron chi connectivity index (χ0n) is 13.3. The minimum atomic E-state index is -0.441. The Labute approximate surface area is 135 Å². The minimum absolute atomic E-state index is 0.143. The summed E-state index contributed by atoms with van der Waals surface area (Å²) in [6.45, 7) is 3.86. The molecule has 0 saturated heterocycles. The van der Waals surface area contributed by atoms with Gasteiger partial charge in [-0.15, -0.1) is 0 Å². The van der Waals surface area contributed by atoms with Crippen molar-refractivity contribution in [3.63, 3.8) is 0 Å². The lowest BCUT2D eigenvalue weighted by atomic mass is 10.0. The van der Waals surface area contributed by atoms with Gasteiger partial charge in [0.2, 0.25) is 5.76 Å². The van der Waals surface area contributed by atoms with Gasteiger partial charge in [0, 0.05) is 12.0 Å². The average Bonchev–Trinajstić information content (AvgIpc) is 3.05. The number of carbonyl (C=O) groups excluding carboxylic acids is 1. The van der Waals surface area contributed by atoms with E-state index in [2.05, 4.69) is 10.5 Å². The van der Waals surface area contributed by atoms with E-state index in [4.69, 9.17) is 4.52 Å². The average molecular weight is 318 g/mol. The highest BCUT2D eigenvalue weighted by atomic mass is 16.5. The minimum Gasteiger partial charge on any atom is -0.508 e. The van der Waals surface area contributed by atoms with Crippen molar-refractivity contribution < 1.29 is 19.5 Å². The molecule has 23 heavy (non-hydrogen) atoms. The summed E-state index contributed by atoms with van der Waals surface area (Å²) in [5.41, 5.74) is 1.65. The second-order valence-electron chi connectivity index (χ2n) is 5.65. The van der Waals surface area contributed by atoms with Crippen molar-refractivity contribution >= 4 is 5.91 Å². The van der Waals surface area contributed by atoms with Gasteiger partial charge in [0.1, 0.15) is 5.75 Å². The smallest absolute Gasteiger partial charge is 0.290 e. The maximum Gasteiger partial charge on any atom is 0.290 e. The first-order valence-electron chi connectivity index (χ1n) is 7.69. The molecule has 0 aliphatic rings. The fraction of sp³-hybridized carbons (Fsp3) is 0.412. The van der Waals surface area contributed by atoms with Gasteiger partial charge in [-0.1, -0.05) is 31.1 Å². The predicted molar refractivity (Wildman–Crippen MR) is 85.4 cm³/mol. The number of nitrogens with zero attached hydrogens (tertiary/aromatic N) is 1. The van der Waals surface area contributed by atoms with E-state index in [1.807, 2.05) is 13.8 Å². The number of nitrogens with one attached hydrogen (secondary N) is 1. The van der Waals surface area contributed by atoms with E-state index in [0.717, 1.165) is 17.7 Å². The standard InChI is InChI=1S/C17H22N2O4/c1-3-11(2)15-9-16(23-19-15)17(22)18-13(10-20)8-12-4-6-14(21)7-5-12/h4-7,9,11,13,20-21H,3,8,10H2,1-2H3,(H,18,22)/t11?,13-/m0/s1. The normalized spacial score (nSPS) is 13.5. The summed E-state index contributed by atoms with van der Waals surface area (Å²) in [7, 11) is 0. The SMILES string of the molecule is CCC(C)c1cc(C(=O)N[C@H](CO)Cc2ccc(O)cc2)on1. The molecule has 6 heteroatoms. The number of hydrogen-bond donors (Lipinski definition) is 3. The van der Waals surface area contributed by atoms with Crippen molar-refractivity contribution in [1.29, 1.82) is 0 Å². The number of aromatic hydroxyl groups is 1. The van der Waals surface area contributed by atoms with Crippen molar-refractivity contribution in [2.24, 2.45) is 0 Å². The Morgan fingerprint density at radius 1 is 1.35 bits per heavy atom. The Balaban J connectivity index is 1.99. The molecule has 0 bridgehead atoms. The molecule has 1 amide bonds. The van der Waals surface area contributed by atoms with Crippen LogP contribution in [0.25, 0.3) is 0 Å². The van der Waals surface area contributed by atoms with Crippen LogP contribution in [0.4, 0.5) is 0 Å². The molecule has 0 saturated carbocycles. The van der Waals surface area contributed by atoms with E-state index < -0.39 is 11.9 Å². The maximum atomic E-state index is 12.2. The summed E-state index contributed by atoms with van der Waals surface area (Å²) in [4.78, 5) is 12.2. The Bertz CT molecular complexity index is 636. The van der Waals surface area contributed by atoms with Crippen LogP contribution in [0, 0.1) is 0 Å². The summed E-state index contributed by atoms with van der Waals surface area (Å²) in [6, 6.07) is 7.84. The van der Waals surface area contributed by atoms with Crippen molar-refractivity contribution in [3.05, 3.63) is 47.3 Å². The van der Waals surface area contributed by atoms with Crippen molar-refractivity contribution in [2.75, 3.05) is 6.61 Å². The zero-order chi connectivity index (χ0) is 16.8. The molecule has 6 nitrogen and oxygen atoms in total. The number of benzene rings is 1. The van der Waals surface area contributed by atoms with Gasteiger partial charge in [0.25, 0.3) is 5.91 Å². The lowest BCUT2D eigenvalue weighted by Gasteiger charge is -2.15. The van der Waals surface area contributed by atoms with E-state index in [9.17, 15) is 15.0 Å². The number of aliphatic hydroxyl groups is 1. The topological polar surface area (TPSA) is 95.6 Å². The third kappa shape index (κ3) is 4.56. The fourth-order valence-corrected chi connectivity index (χ4v) is 2.17. The molecular formula is C17H22N2O4. The van der Waals surface area contributed by atoms with E-state index >= 15 is 0 Å². The van der Waals surface area contributed by atoms with Crippen LogP contribution in [-0.4, -0.2) is 33.9 Å². The van der Waals surface area contributed by atoms with Gasteiger partial charge in [0.15, 0.2) is 0 Å². The Morgan fingerprint density at radius 3 is 2.65 bits per heavy atom. The molecule has 1 unspecified atom stereocenters. The quantitative estimate of drug-likeness (QED) is 0.727. The zero-order valence-corrected chi connectivity index (χ0v) is 13.3. The Hall–Kier alpha value is -2.34. The van der Waals surface area contributed by atoms with Gasteiger partial charge < -0.3 is 20.1 Å². The van der Waals surface area contributed by atoms with Gasteiger partial charge in [-0.3, -0.25) is 4.79 Å². The molecule has 1 aromatic heterocycles. The number of aromatic nitrogens is 1. The molecule has 2 atom stereocenters. The Kier molecular flexibility index (Phi) is 5.76. The first-order chi connectivity index (χ1) is 11.0. The molecule has 0 spiro atoms. The highest BCUT2D eigenvalue weighted by Crippen LogP contribution is 2.18. The van der Waals surface area contributed by atoms with Gasteiger partial charge >= 0.3 is 0 Å². The molecule has 1 heterocycles. The summed E-state index contributed by atoms with van der Waals surface area (Å²) in [5.74, 6) is 0.151. The van der Waals surface area contributed by atoms with Crippen LogP contribution in [0.5, 0.6) is 5.75 Å². The fourth-order valence-electron chi connectivity index (χ4n) is 2.17. The largest absolute Gasteiger partial charge is 0.508 e. The number of amides is 1. The lowest BCUT2D eigenvalue weighted by Crippen LogP contribution is -2.38. The second-order valence-corrected chi connectivity index (χ2v) is 5.65. The first kappa shape index (κ1) is 17.0. The van der Waals surface area contributed by atoms with Gasteiger partial charge in [-0.2, -0.15) is 0 Å². The van der Waals surface area contributed by atoms with Crippen LogP contribution in [0.2, 0.25) is 0 Å². The summed E-state index contributed by atoms with van der Waals surface area (Å²) >= 11 is 0. The van der Waals surface area contributed by atoms with Crippen molar-refractivity contribution in [1.82, 2.24) is 10.5 Å². The van der Waals surface area contributed by atoms with Crippen LogP contribution < -0.4 is 5.32 Å². The van der Waals surface area contributed by atoms with Crippen LogP contribution in [0.1, 0.15) is 48.0 Å². The molecule has 1 aromatic carbocycles. The van der Waals surface area contributed by atoms with Gasteiger partial charge in [-0.25, -0.2) is 0 Å². The lowest BCUT2D eigenvalue weighted by molar-refractivity contribution is 0.0879. The van der Waals surface area contributed by atoms with Gasteiger partial charge in [0.05, 0.1) is 18.3 Å². The molecule has 0 radical (unpaired) electrons. The van der Waals surface area contributed by atoms with E-state index in [1.54, 1.807) is 30.3 Å². The number of rotatable bonds is 7. The van der Waals surface area contributed by atoms with E-state index in [-0.39, 0.29) is 24.0 Å². The highest BCUT2D eigenvalue weighted by molar-refractivity contribution is 5.91. The molecule has 124 valence electrons. The van der Waals surface area contributed by atoms with Crippen LogP contribution in [-0.2, 0) is 6.42 Å². The maximum absolute atomic E-state index is 12.2. The number of carbonyl (C=O) groups is 1. The third-order valence-corrected chi connectivity index (χ3v) is 3.84. The number of hydrogen-bond acceptors (Lipinski definition) is 5. The molecule has 0 aliphatic heterocycles. The number of phenolic OH excluding ortho intramolecular Hbond substituents is 1. The van der Waals surface area contributed by atoms with E-state index in [0.29, 0.717) is 6.42 Å². The molecular weight excluding hydrogens is 296 g/mol. The molecule has 3 N–H and O–H groups in total. The highest BCUT2D eigenvalue weighted by Gasteiger charge is 2.19. The first-order valence-corrected chi connectivity index (χ1v) is 7.69. The Morgan fingerprint density at radius 2 is 2.04 bits per heavy atom. The molecule has 0 aliphatic carbocycles. The summed E-state index contributed by atoms with van der Waals surface area (Å²) in [5, 5.41) is 25.4. The van der Waals surface area contributed by atoms with Crippen LogP contribution >= 0.6 is 0 Å². The molecule has 0 fully saturated rings.